The summed E-state index contributed by atoms with van der Waals surface area (Å²) in [5.74, 6) is 1.35. The van der Waals surface area contributed by atoms with Gasteiger partial charge in [-0.3, -0.25) is 4.72 Å². The lowest BCUT2D eigenvalue weighted by atomic mass is 10.1. The van der Waals surface area contributed by atoms with E-state index in [2.05, 4.69) is 26.0 Å². The second-order valence-electron chi connectivity index (χ2n) is 5.90. The number of halogens is 1. The third kappa shape index (κ3) is 5.62. The summed E-state index contributed by atoms with van der Waals surface area (Å²) >= 11 is 3.55. The molecule has 2 aromatic rings. The van der Waals surface area contributed by atoms with Gasteiger partial charge in [0, 0.05) is 22.7 Å². The van der Waals surface area contributed by atoms with Crippen LogP contribution in [0.4, 0.5) is 5.69 Å². The van der Waals surface area contributed by atoms with Crippen LogP contribution in [-0.2, 0) is 16.6 Å². The van der Waals surface area contributed by atoms with Crippen molar-refractivity contribution in [2.75, 3.05) is 25.2 Å². The van der Waals surface area contributed by atoms with Crippen LogP contribution >= 0.6 is 15.9 Å². The van der Waals surface area contributed by atoms with E-state index in [-0.39, 0.29) is 6.04 Å². The van der Waals surface area contributed by atoms with Crippen LogP contribution < -0.4 is 19.5 Å². The largest absolute Gasteiger partial charge is 0.493 e. The highest BCUT2D eigenvalue weighted by Crippen LogP contribution is 2.33. The van der Waals surface area contributed by atoms with E-state index in [1.54, 1.807) is 26.4 Å². The zero-order chi connectivity index (χ0) is 19.3. The molecule has 0 fully saturated rings. The maximum Gasteiger partial charge on any atom is 0.229 e. The van der Waals surface area contributed by atoms with Crippen LogP contribution in [0.25, 0.3) is 0 Å². The minimum Gasteiger partial charge on any atom is -0.493 e. The Labute approximate surface area is 163 Å². The Morgan fingerprint density at radius 1 is 1.08 bits per heavy atom. The molecule has 0 aliphatic rings. The molecule has 0 radical (unpaired) electrons. The Hall–Kier alpha value is -1.77. The first kappa shape index (κ1) is 20.5. The first-order valence-corrected chi connectivity index (χ1v) is 10.6. The van der Waals surface area contributed by atoms with Gasteiger partial charge in [-0.05, 0) is 42.3 Å². The average Bonchev–Trinajstić information content (AvgIpc) is 2.59. The highest BCUT2D eigenvalue weighted by Gasteiger charge is 2.11. The van der Waals surface area contributed by atoms with E-state index in [0.717, 1.165) is 21.9 Å². The molecule has 2 aromatic carbocycles. The second-order valence-corrected chi connectivity index (χ2v) is 8.50. The fourth-order valence-electron chi connectivity index (χ4n) is 2.47. The highest BCUT2D eigenvalue weighted by molar-refractivity contribution is 9.10. The molecule has 0 heterocycles. The summed E-state index contributed by atoms with van der Waals surface area (Å²) in [5, 5.41) is 3.45. The molecule has 8 heteroatoms. The van der Waals surface area contributed by atoms with Crippen molar-refractivity contribution in [3.05, 3.63) is 52.0 Å². The maximum atomic E-state index is 11.3. The molecule has 0 bridgehead atoms. The van der Waals surface area contributed by atoms with Crippen LogP contribution in [0, 0.1) is 0 Å². The van der Waals surface area contributed by atoms with Crippen LogP contribution in [-0.4, -0.2) is 28.9 Å². The van der Waals surface area contributed by atoms with Crippen molar-refractivity contribution in [3.63, 3.8) is 0 Å². The van der Waals surface area contributed by atoms with Crippen molar-refractivity contribution < 1.29 is 17.9 Å². The van der Waals surface area contributed by atoms with Crippen LogP contribution in [0.1, 0.15) is 24.1 Å². The number of rotatable bonds is 8. The Bertz CT molecular complexity index is 854. The molecule has 1 atom stereocenters. The maximum absolute atomic E-state index is 11.3. The molecule has 0 saturated carbocycles. The molecule has 0 amide bonds. The number of ether oxygens (including phenoxy) is 2. The molecule has 0 aliphatic carbocycles. The van der Waals surface area contributed by atoms with E-state index in [4.69, 9.17) is 9.47 Å². The lowest BCUT2D eigenvalue weighted by molar-refractivity contribution is 0.354. The van der Waals surface area contributed by atoms with Crippen LogP contribution in [0.15, 0.2) is 40.9 Å². The van der Waals surface area contributed by atoms with Crippen molar-refractivity contribution >= 4 is 31.6 Å². The zero-order valence-corrected chi connectivity index (χ0v) is 17.6. The monoisotopic (exact) mass is 442 g/mol. The van der Waals surface area contributed by atoms with E-state index < -0.39 is 10.0 Å². The molecule has 142 valence electrons. The number of sulfonamides is 1. The summed E-state index contributed by atoms with van der Waals surface area (Å²) in [6.07, 6.45) is 1.13. The van der Waals surface area contributed by atoms with Crippen molar-refractivity contribution in [2.24, 2.45) is 0 Å². The fraction of sp³-hybridized carbons (Fsp3) is 0.333. The van der Waals surface area contributed by atoms with Crippen LogP contribution in [0.3, 0.4) is 0 Å². The second kappa shape index (κ2) is 8.75. The van der Waals surface area contributed by atoms with Crippen LogP contribution in [0.5, 0.6) is 11.5 Å². The molecular formula is C18H23BrN2O4S. The van der Waals surface area contributed by atoms with Gasteiger partial charge in [-0.2, -0.15) is 0 Å². The first-order valence-electron chi connectivity index (χ1n) is 7.95. The number of nitrogens with one attached hydrogen (secondary N) is 2. The summed E-state index contributed by atoms with van der Waals surface area (Å²) in [6, 6.07) is 11.2. The van der Waals surface area contributed by atoms with E-state index in [1.165, 1.54) is 0 Å². The van der Waals surface area contributed by atoms with E-state index in [9.17, 15) is 8.42 Å². The van der Waals surface area contributed by atoms with Crippen LogP contribution in [0.2, 0.25) is 0 Å². The van der Waals surface area contributed by atoms with Gasteiger partial charge in [0.2, 0.25) is 10.0 Å². The number of hydrogen-bond donors (Lipinski definition) is 2. The van der Waals surface area contributed by atoms with Gasteiger partial charge in [0.05, 0.1) is 20.5 Å². The third-order valence-corrected chi connectivity index (χ3v) is 5.21. The summed E-state index contributed by atoms with van der Waals surface area (Å²) in [6.45, 7) is 2.68. The topological polar surface area (TPSA) is 76.7 Å². The minimum atomic E-state index is -3.27. The molecule has 0 saturated heterocycles. The molecule has 2 N–H and O–H groups in total. The standard InChI is InChI=1S/C18H23BrN2O4S/c1-12(13-5-7-15(8-6-13)21-26(4,22)23)20-11-14-9-17(24-2)18(25-3)10-16(14)19/h5-10,12,20-21H,11H2,1-4H3/t12-/m0/s1. The highest BCUT2D eigenvalue weighted by atomic mass is 79.9. The van der Waals surface area contributed by atoms with Crippen molar-refractivity contribution in [3.8, 4) is 11.5 Å². The summed E-state index contributed by atoms with van der Waals surface area (Å²) in [7, 11) is -0.0541. The number of hydrogen-bond acceptors (Lipinski definition) is 5. The number of methoxy groups -OCH3 is 2. The van der Waals surface area contributed by atoms with E-state index in [1.807, 2.05) is 31.2 Å². The summed E-state index contributed by atoms with van der Waals surface area (Å²) in [5.41, 5.74) is 2.65. The molecule has 6 nitrogen and oxygen atoms in total. The van der Waals surface area contributed by atoms with E-state index >= 15 is 0 Å². The lowest BCUT2D eigenvalue weighted by Crippen LogP contribution is -2.18. The number of benzene rings is 2. The van der Waals surface area contributed by atoms with Gasteiger partial charge in [-0.15, -0.1) is 0 Å². The molecule has 26 heavy (non-hydrogen) atoms. The molecule has 0 aromatic heterocycles. The first-order chi connectivity index (χ1) is 12.2. The van der Waals surface area contributed by atoms with Gasteiger partial charge >= 0.3 is 0 Å². The molecule has 0 spiro atoms. The molecule has 0 aliphatic heterocycles. The predicted molar refractivity (Wildman–Crippen MR) is 107 cm³/mol. The van der Waals surface area contributed by atoms with Crippen molar-refractivity contribution in [1.82, 2.24) is 5.32 Å². The van der Waals surface area contributed by atoms with Gasteiger partial charge in [0.1, 0.15) is 0 Å². The van der Waals surface area contributed by atoms with Gasteiger partial charge in [-0.1, -0.05) is 28.1 Å². The molecular weight excluding hydrogens is 420 g/mol. The number of anilines is 1. The smallest absolute Gasteiger partial charge is 0.229 e. The molecule has 2 rings (SSSR count). The fourth-order valence-corrected chi connectivity index (χ4v) is 3.49. The zero-order valence-electron chi connectivity index (χ0n) is 15.2. The Balaban J connectivity index is 2.05. The van der Waals surface area contributed by atoms with Gasteiger partial charge in [-0.25, -0.2) is 8.42 Å². The summed E-state index contributed by atoms with van der Waals surface area (Å²) in [4.78, 5) is 0. The lowest BCUT2D eigenvalue weighted by Gasteiger charge is -2.17. The van der Waals surface area contributed by atoms with Gasteiger partial charge < -0.3 is 14.8 Å². The quantitative estimate of drug-likeness (QED) is 0.651. The minimum absolute atomic E-state index is 0.0854. The SMILES string of the molecule is COc1cc(Br)c(CN[C@@H](C)c2ccc(NS(C)(=O)=O)cc2)cc1OC. The van der Waals surface area contributed by atoms with Crippen molar-refractivity contribution in [1.29, 1.82) is 0 Å². The van der Waals surface area contributed by atoms with Gasteiger partial charge in [0.15, 0.2) is 11.5 Å². The third-order valence-electron chi connectivity index (χ3n) is 3.87. The Morgan fingerprint density at radius 3 is 2.19 bits per heavy atom. The Morgan fingerprint density at radius 2 is 1.65 bits per heavy atom. The predicted octanol–water partition coefficient (Wildman–Crippen LogP) is 3.69. The van der Waals surface area contributed by atoms with E-state index in [0.29, 0.717) is 23.7 Å². The molecule has 0 unspecified atom stereocenters. The summed E-state index contributed by atoms with van der Waals surface area (Å²) < 4.78 is 36.5. The normalized spacial score (nSPS) is 12.5. The van der Waals surface area contributed by atoms with Crippen molar-refractivity contribution in [2.45, 2.75) is 19.5 Å². The van der Waals surface area contributed by atoms with Gasteiger partial charge in [0.25, 0.3) is 0 Å². The average molecular weight is 443 g/mol. The Kier molecular flexibility index (Phi) is 6.91.